The van der Waals surface area contributed by atoms with Gasteiger partial charge >= 0.3 is 6.16 Å². The molecule has 8 nitrogen and oxygen atoms in total. The highest BCUT2D eigenvalue weighted by Gasteiger charge is 2.26. The predicted octanol–water partition coefficient (Wildman–Crippen LogP) is 5.22. The lowest BCUT2D eigenvalue weighted by atomic mass is 9.89. The van der Waals surface area contributed by atoms with E-state index in [9.17, 15) is 9.59 Å². The molecular weight excluding hydrogens is 486 g/mol. The molecule has 1 aromatic carbocycles. The Hall–Kier alpha value is -3.11. The first kappa shape index (κ1) is 25.0. The van der Waals surface area contributed by atoms with E-state index >= 15 is 0 Å². The number of benzene rings is 1. The van der Waals surface area contributed by atoms with E-state index in [1.807, 2.05) is 31.2 Å². The Bertz CT molecular complexity index is 1150. The van der Waals surface area contributed by atoms with Crippen LogP contribution in [-0.2, 0) is 40.1 Å². The van der Waals surface area contributed by atoms with Gasteiger partial charge in [0.2, 0.25) is 5.91 Å². The standard InChI is InChI=1S/C25H29N3O5S2/c1-2-31-20-6-4-3-5-17(20)8-10-22(29)28-24-23(26)19-9-7-16(11-21(19)35-24)13-32-25(30)33-14-18-12-27-15-34-18/h3-6,12,15-16H,2,7-11,13-14,26H2,1H3,(H,28,29). The van der Waals surface area contributed by atoms with Crippen LogP contribution in [0.5, 0.6) is 5.75 Å². The van der Waals surface area contributed by atoms with Crippen molar-refractivity contribution >= 4 is 45.4 Å². The van der Waals surface area contributed by atoms with Gasteiger partial charge in [-0.1, -0.05) is 18.2 Å². The first-order chi connectivity index (χ1) is 17.0. The van der Waals surface area contributed by atoms with Crippen LogP contribution in [0.3, 0.4) is 0 Å². The van der Waals surface area contributed by atoms with Crippen molar-refractivity contribution in [1.29, 1.82) is 0 Å². The van der Waals surface area contributed by atoms with E-state index in [-0.39, 0.29) is 18.4 Å². The molecule has 4 rings (SSSR count). The molecule has 0 saturated carbocycles. The fourth-order valence-electron chi connectivity index (χ4n) is 4.03. The molecule has 35 heavy (non-hydrogen) atoms. The molecule has 1 amide bonds. The SMILES string of the molecule is CCOc1ccccc1CCC(=O)Nc1sc2c(c1N)CCC(COC(=O)OCc1cncs1)C2. The van der Waals surface area contributed by atoms with Crippen molar-refractivity contribution in [2.45, 2.75) is 45.6 Å². The Labute approximate surface area is 212 Å². The van der Waals surface area contributed by atoms with Crippen LogP contribution in [-0.4, -0.2) is 30.3 Å². The van der Waals surface area contributed by atoms with Gasteiger partial charge in [0.25, 0.3) is 0 Å². The maximum atomic E-state index is 12.6. The number of nitrogen functional groups attached to an aromatic ring is 1. The number of thiazole rings is 1. The number of ether oxygens (including phenoxy) is 3. The summed E-state index contributed by atoms with van der Waals surface area (Å²) in [5, 5.41) is 3.69. The van der Waals surface area contributed by atoms with Crippen LogP contribution < -0.4 is 15.8 Å². The van der Waals surface area contributed by atoms with Crippen molar-refractivity contribution in [2.24, 2.45) is 5.92 Å². The van der Waals surface area contributed by atoms with Gasteiger partial charge in [0, 0.05) is 17.5 Å². The van der Waals surface area contributed by atoms with Crippen LogP contribution in [0.2, 0.25) is 0 Å². The second-order valence-electron chi connectivity index (χ2n) is 8.26. The van der Waals surface area contributed by atoms with Crippen molar-refractivity contribution in [3.63, 3.8) is 0 Å². The van der Waals surface area contributed by atoms with Crippen LogP contribution in [0.15, 0.2) is 36.0 Å². The van der Waals surface area contributed by atoms with Gasteiger partial charge in [-0.15, -0.1) is 22.7 Å². The number of rotatable bonds is 10. The van der Waals surface area contributed by atoms with Gasteiger partial charge in [-0.05, 0) is 55.7 Å². The zero-order valence-corrected chi connectivity index (χ0v) is 21.2. The summed E-state index contributed by atoms with van der Waals surface area (Å²) in [6, 6.07) is 7.77. The topological polar surface area (TPSA) is 113 Å². The Morgan fingerprint density at radius 1 is 1.26 bits per heavy atom. The van der Waals surface area contributed by atoms with Gasteiger partial charge in [0.1, 0.15) is 17.4 Å². The predicted molar refractivity (Wildman–Crippen MR) is 137 cm³/mol. The molecule has 0 aliphatic heterocycles. The summed E-state index contributed by atoms with van der Waals surface area (Å²) < 4.78 is 16.1. The van der Waals surface area contributed by atoms with Crippen molar-refractivity contribution in [3.8, 4) is 5.75 Å². The zero-order chi connectivity index (χ0) is 24.6. The van der Waals surface area contributed by atoms with Crippen LogP contribution in [0.25, 0.3) is 0 Å². The molecular formula is C25H29N3O5S2. The lowest BCUT2D eigenvalue weighted by Gasteiger charge is -2.21. The number of aromatic nitrogens is 1. The van der Waals surface area contributed by atoms with Gasteiger partial charge in [-0.3, -0.25) is 9.78 Å². The molecule has 186 valence electrons. The lowest BCUT2D eigenvalue weighted by molar-refractivity contribution is -0.116. The zero-order valence-electron chi connectivity index (χ0n) is 19.6. The number of amides is 1. The van der Waals surface area contributed by atoms with E-state index in [4.69, 9.17) is 19.9 Å². The third-order valence-electron chi connectivity index (χ3n) is 5.81. The Morgan fingerprint density at radius 3 is 2.91 bits per heavy atom. The maximum absolute atomic E-state index is 12.6. The minimum absolute atomic E-state index is 0.0785. The van der Waals surface area contributed by atoms with E-state index in [2.05, 4.69) is 10.3 Å². The number of nitrogens with zero attached hydrogens (tertiary/aromatic N) is 1. The first-order valence-corrected chi connectivity index (χ1v) is 13.3. The van der Waals surface area contributed by atoms with E-state index in [0.29, 0.717) is 36.7 Å². The molecule has 2 heterocycles. The summed E-state index contributed by atoms with van der Waals surface area (Å²) in [7, 11) is 0. The van der Waals surface area contributed by atoms with Gasteiger partial charge in [-0.25, -0.2) is 4.79 Å². The average molecular weight is 516 g/mol. The van der Waals surface area contributed by atoms with Crippen molar-refractivity contribution in [1.82, 2.24) is 4.98 Å². The normalized spacial score (nSPS) is 14.7. The first-order valence-electron chi connectivity index (χ1n) is 11.6. The molecule has 1 unspecified atom stereocenters. The molecule has 10 heteroatoms. The number of aryl methyl sites for hydroxylation is 1. The van der Waals surface area contributed by atoms with Gasteiger partial charge in [-0.2, -0.15) is 0 Å². The maximum Gasteiger partial charge on any atom is 0.508 e. The molecule has 1 aliphatic rings. The average Bonchev–Trinajstić information content (AvgIpc) is 3.49. The third-order valence-corrected chi connectivity index (χ3v) is 7.75. The van der Waals surface area contributed by atoms with Crippen LogP contribution in [0.4, 0.5) is 15.5 Å². The van der Waals surface area contributed by atoms with Gasteiger partial charge in [0.05, 0.1) is 29.3 Å². The number of para-hydroxylation sites is 1. The number of anilines is 2. The van der Waals surface area contributed by atoms with E-state index in [0.717, 1.165) is 45.9 Å². The van der Waals surface area contributed by atoms with Crippen molar-refractivity contribution in [2.75, 3.05) is 24.3 Å². The molecule has 3 N–H and O–H groups in total. The molecule has 0 saturated heterocycles. The highest BCUT2D eigenvalue weighted by atomic mass is 32.1. The lowest BCUT2D eigenvalue weighted by Crippen LogP contribution is -2.21. The quantitative estimate of drug-likeness (QED) is 0.356. The number of carbonyl (C=O) groups excluding carboxylic acids is 2. The smallest absolute Gasteiger partial charge is 0.494 e. The van der Waals surface area contributed by atoms with Gasteiger partial charge in [0.15, 0.2) is 0 Å². The summed E-state index contributed by atoms with van der Waals surface area (Å²) in [5.74, 6) is 0.926. The second kappa shape index (κ2) is 12.0. The summed E-state index contributed by atoms with van der Waals surface area (Å²) in [6.45, 7) is 2.98. The number of hydrogen-bond acceptors (Lipinski definition) is 9. The number of fused-ring (bicyclic) bond motifs is 1. The van der Waals surface area contributed by atoms with Crippen molar-refractivity contribution < 1.29 is 23.8 Å². The molecule has 0 radical (unpaired) electrons. The minimum atomic E-state index is -0.672. The number of carbonyl (C=O) groups is 2. The van der Waals surface area contributed by atoms with Crippen LogP contribution in [0, 0.1) is 5.92 Å². The number of nitrogens with one attached hydrogen (secondary N) is 1. The summed E-state index contributed by atoms with van der Waals surface area (Å²) in [4.78, 5) is 30.5. The van der Waals surface area contributed by atoms with E-state index in [1.165, 1.54) is 22.7 Å². The monoisotopic (exact) mass is 515 g/mol. The highest BCUT2D eigenvalue weighted by Crippen LogP contribution is 2.41. The third kappa shape index (κ3) is 6.73. The molecule has 1 atom stereocenters. The Kier molecular flexibility index (Phi) is 8.59. The fraction of sp³-hybridized carbons (Fsp3) is 0.400. The molecule has 0 bridgehead atoms. The largest absolute Gasteiger partial charge is 0.508 e. The number of hydrogen-bond donors (Lipinski definition) is 2. The Morgan fingerprint density at radius 2 is 2.11 bits per heavy atom. The molecule has 0 fully saturated rings. The minimum Gasteiger partial charge on any atom is -0.494 e. The summed E-state index contributed by atoms with van der Waals surface area (Å²) in [5.41, 5.74) is 10.8. The molecule has 2 aromatic heterocycles. The van der Waals surface area contributed by atoms with Gasteiger partial charge < -0.3 is 25.3 Å². The van der Waals surface area contributed by atoms with E-state index < -0.39 is 6.16 Å². The summed E-state index contributed by atoms with van der Waals surface area (Å²) in [6.07, 6.45) is 4.32. The van der Waals surface area contributed by atoms with Crippen LogP contribution in [0.1, 0.15) is 40.6 Å². The summed E-state index contributed by atoms with van der Waals surface area (Å²) >= 11 is 2.94. The van der Waals surface area contributed by atoms with Crippen LogP contribution >= 0.6 is 22.7 Å². The number of nitrogens with two attached hydrogens (primary N) is 1. The Balaban J connectivity index is 1.26. The number of thiophene rings is 1. The van der Waals surface area contributed by atoms with E-state index in [1.54, 1.807) is 11.7 Å². The second-order valence-corrected chi connectivity index (χ2v) is 10.3. The fourth-order valence-corrected chi connectivity index (χ4v) is 5.83. The van der Waals surface area contributed by atoms with Crippen molar-refractivity contribution in [3.05, 3.63) is 56.9 Å². The highest BCUT2D eigenvalue weighted by molar-refractivity contribution is 7.17. The molecule has 3 aromatic rings. The molecule has 1 aliphatic carbocycles. The molecule has 0 spiro atoms.